The molecule has 2 rings (SSSR count). The molecule has 0 unspecified atom stereocenters. The van der Waals surface area contributed by atoms with Crippen LogP contribution in [0.25, 0.3) is 0 Å². The van der Waals surface area contributed by atoms with Crippen LogP contribution in [0.1, 0.15) is 19.8 Å². The van der Waals surface area contributed by atoms with Crippen molar-refractivity contribution in [2.24, 2.45) is 11.1 Å². The Bertz CT molecular complexity index is 344. The largest absolute Gasteiger partial charge is 0.341 e. The topological polar surface area (TPSA) is 55.0 Å². The summed E-state index contributed by atoms with van der Waals surface area (Å²) in [6, 6.07) is 0. The van der Waals surface area contributed by atoms with Crippen molar-refractivity contribution in [3.05, 3.63) is 18.2 Å². The van der Waals surface area contributed by atoms with Gasteiger partial charge in [-0.2, -0.15) is 0 Å². The van der Waals surface area contributed by atoms with Crippen LogP contribution in [0.2, 0.25) is 0 Å². The first-order valence-electron chi connectivity index (χ1n) is 5.55. The van der Waals surface area contributed by atoms with Crippen LogP contribution in [0.4, 0.5) is 10.3 Å². The van der Waals surface area contributed by atoms with E-state index in [0.717, 1.165) is 25.9 Å². The average molecular weight is 224 g/mol. The van der Waals surface area contributed by atoms with E-state index in [-0.39, 0.29) is 5.41 Å². The fourth-order valence-electron chi connectivity index (χ4n) is 1.92. The third kappa shape index (κ3) is 2.29. The molecule has 2 N–H and O–H groups in total. The monoisotopic (exact) mass is 224 g/mol. The minimum absolute atomic E-state index is 0.233. The smallest absolute Gasteiger partial charge is 0.225 e. The van der Waals surface area contributed by atoms with Crippen LogP contribution >= 0.6 is 0 Å². The maximum Gasteiger partial charge on any atom is 0.225 e. The lowest BCUT2D eigenvalue weighted by atomic mass is 9.81. The fourth-order valence-corrected chi connectivity index (χ4v) is 1.92. The SMILES string of the molecule is CC1(CN)CCN(c2ncc(F)cn2)CC1. The summed E-state index contributed by atoms with van der Waals surface area (Å²) in [5, 5.41) is 0. The standard InChI is InChI=1S/C11H17FN4/c1-11(8-13)2-4-16(5-3-11)10-14-6-9(12)7-15-10/h6-7H,2-5,8,13H2,1H3. The molecular formula is C11H17FN4. The number of nitrogens with two attached hydrogens (primary N) is 1. The molecule has 0 saturated carbocycles. The number of aromatic nitrogens is 2. The Kier molecular flexibility index (Phi) is 3.05. The zero-order valence-corrected chi connectivity index (χ0v) is 9.49. The molecule has 0 amide bonds. The summed E-state index contributed by atoms with van der Waals surface area (Å²) in [4.78, 5) is 10.0. The molecule has 88 valence electrons. The molecule has 1 fully saturated rings. The van der Waals surface area contributed by atoms with Gasteiger partial charge in [0.2, 0.25) is 5.95 Å². The number of nitrogens with zero attached hydrogens (tertiary/aromatic N) is 3. The highest BCUT2D eigenvalue weighted by Crippen LogP contribution is 2.30. The molecule has 1 aliphatic rings. The fraction of sp³-hybridized carbons (Fsp3) is 0.636. The Morgan fingerprint density at radius 2 is 1.94 bits per heavy atom. The van der Waals surface area contributed by atoms with Crippen LogP contribution in [0.15, 0.2) is 12.4 Å². The number of hydrogen-bond donors (Lipinski definition) is 1. The number of halogens is 1. The Morgan fingerprint density at radius 1 is 1.38 bits per heavy atom. The van der Waals surface area contributed by atoms with Gasteiger partial charge in [-0.3, -0.25) is 0 Å². The van der Waals surface area contributed by atoms with Crippen LogP contribution in [-0.2, 0) is 0 Å². The highest BCUT2D eigenvalue weighted by Gasteiger charge is 2.29. The molecule has 1 aliphatic heterocycles. The van der Waals surface area contributed by atoms with Crippen molar-refractivity contribution in [1.82, 2.24) is 9.97 Å². The lowest BCUT2D eigenvalue weighted by molar-refractivity contribution is 0.257. The minimum atomic E-state index is -0.396. The second kappa shape index (κ2) is 4.33. The second-order valence-electron chi connectivity index (χ2n) is 4.70. The molecule has 1 aromatic rings. The van der Waals surface area contributed by atoms with Gasteiger partial charge < -0.3 is 10.6 Å². The predicted molar refractivity (Wildman–Crippen MR) is 60.6 cm³/mol. The number of hydrogen-bond acceptors (Lipinski definition) is 4. The van der Waals surface area contributed by atoms with Crippen LogP contribution in [-0.4, -0.2) is 29.6 Å². The Hall–Kier alpha value is -1.23. The second-order valence-corrected chi connectivity index (χ2v) is 4.70. The third-order valence-corrected chi connectivity index (χ3v) is 3.35. The molecule has 1 aromatic heterocycles. The zero-order valence-electron chi connectivity index (χ0n) is 9.49. The average Bonchev–Trinajstić information content (AvgIpc) is 2.32. The lowest BCUT2D eigenvalue weighted by Gasteiger charge is -2.38. The van der Waals surface area contributed by atoms with Crippen LogP contribution in [0, 0.1) is 11.2 Å². The van der Waals surface area contributed by atoms with Gasteiger partial charge in [0.25, 0.3) is 0 Å². The van der Waals surface area contributed by atoms with Crippen molar-refractivity contribution in [3.8, 4) is 0 Å². The summed E-state index contributed by atoms with van der Waals surface area (Å²) in [6.07, 6.45) is 4.48. The summed E-state index contributed by atoms with van der Waals surface area (Å²) in [6.45, 7) is 4.69. The molecule has 16 heavy (non-hydrogen) atoms. The molecule has 0 spiro atoms. The van der Waals surface area contributed by atoms with Crippen molar-refractivity contribution >= 4 is 5.95 Å². The van der Waals surface area contributed by atoms with Gasteiger partial charge in [-0.25, -0.2) is 14.4 Å². The highest BCUT2D eigenvalue weighted by molar-refractivity contribution is 5.29. The molecule has 4 nitrogen and oxygen atoms in total. The van der Waals surface area contributed by atoms with Crippen molar-refractivity contribution < 1.29 is 4.39 Å². The molecule has 1 saturated heterocycles. The van der Waals surface area contributed by atoms with E-state index < -0.39 is 5.82 Å². The molecule has 2 heterocycles. The van der Waals surface area contributed by atoms with E-state index in [0.29, 0.717) is 12.5 Å². The van der Waals surface area contributed by atoms with E-state index in [1.165, 1.54) is 12.4 Å². The van der Waals surface area contributed by atoms with Gasteiger partial charge in [0.15, 0.2) is 5.82 Å². The van der Waals surface area contributed by atoms with Gasteiger partial charge in [-0.15, -0.1) is 0 Å². The lowest BCUT2D eigenvalue weighted by Crippen LogP contribution is -2.42. The van der Waals surface area contributed by atoms with Crippen LogP contribution < -0.4 is 10.6 Å². The number of piperidine rings is 1. The van der Waals surface area contributed by atoms with Crippen molar-refractivity contribution in [2.75, 3.05) is 24.5 Å². The van der Waals surface area contributed by atoms with Crippen molar-refractivity contribution in [3.63, 3.8) is 0 Å². The van der Waals surface area contributed by atoms with E-state index in [9.17, 15) is 4.39 Å². The van der Waals surface area contributed by atoms with Gasteiger partial charge in [0.05, 0.1) is 12.4 Å². The minimum Gasteiger partial charge on any atom is -0.341 e. The summed E-state index contributed by atoms with van der Waals surface area (Å²) in [5.74, 6) is 0.216. The first-order valence-corrected chi connectivity index (χ1v) is 5.55. The van der Waals surface area contributed by atoms with Gasteiger partial charge in [0, 0.05) is 13.1 Å². The van der Waals surface area contributed by atoms with E-state index in [1.54, 1.807) is 0 Å². The molecule has 0 atom stereocenters. The van der Waals surface area contributed by atoms with Crippen molar-refractivity contribution in [2.45, 2.75) is 19.8 Å². The van der Waals surface area contributed by atoms with E-state index >= 15 is 0 Å². The first kappa shape index (κ1) is 11.3. The zero-order chi connectivity index (χ0) is 11.6. The Morgan fingerprint density at radius 3 is 2.44 bits per heavy atom. The molecule has 0 bridgehead atoms. The molecule has 0 aliphatic carbocycles. The Balaban J connectivity index is 2.01. The Labute approximate surface area is 94.7 Å². The third-order valence-electron chi connectivity index (χ3n) is 3.35. The maximum atomic E-state index is 12.7. The number of rotatable bonds is 2. The van der Waals surface area contributed by atoms with E-state index in [2.05, 4.69) is 21.8 Å². The van der Waals surface area contributed by atoms with Gasteiger partial charge >= 0.3 is 0 Å². The normalized spacial score (nSPS) is 19.8. The van der Waals surface area contributed by atoms with Crippen LogP contribution in [0.3, 0.4) is 0 Å². The first-order chi connectivity index (χ1) is 7.63. The van der Waals surface area contributed by atoms with Gasteiger partial charge in [-0.1, -0.05) is 6.92 Å². The summed E-state index contributed by atoms with van der Waals surface area (Å²) in [5.41, 5.74) is 5.97. The summed E-state index contributed by atoms with van der Waals surface area (Å²) in [7, 11) is 0. The van der Waals surface area contributed by atoms with E-state index in [1.807, 2.05) is 0 Å². The van der Waals surface area contributed by atoms with E-state index in [4.69, 9.17) is 5.73 Å². The molecule has 0 aromatic carbocycles. The predicted octanol–water partition coefficient (Wildman–Crippen LogP) is 1.18. The quantitative estimate of drug-likeness (QED) is 0.819. The molecular weight excluding hydrogens is 207 g/mol. The molecule has 0 radical (unpaired) electrons. The van der Waals surface area contributed by atoms with Gasteiger partial charge in [0.1, 0.15) is 0 Å². The summed E-state index contributed by atoms with van der Waals surface area (Å²) < 4.78 is 12.7. The highest BCUT2D eigenvalue weighted by atomic mass is 19.1. The molecule has 5 heteroatoms. The van der Waals surface area contributed by atoms with Crippen LogP contribution in [0.5, 0.6) is 0 Å². The van der Waals surface area contributed by atoms with Crippen molar-refractivity contribution in [1.29, 1.82) is 0 Å². The number of anilines is 1. The summed E-state index contributed by atoms with van der Waals surface area (Å²) >= 11 is 0. The maximum absolute atomic E-state index is 12.7. The van der Waals surface area contributed by atoms with Gasteiger partial charge in [-0.05, 0) is 24.8 Å².